The molecule has 94 valence electrons. The van der Waals surface area contributed by atoms with Crippen LogP contribution in [0.25, 0.3) is 0 Å². The Hall–Kier alpha value is -1.38. The molecule has 0 aliphatic heterocycles. The highest BCUT2D eigenvalue weighted by atomic mass is 28.4. The predicted octanol–water partition coefficient (Wildman–Crippen LogP) is 2.39. The summed E-state index contributed by atoms with van der Waals surface area (Å²) in [7, 11) is -2.56. The van der Waals surface area contributed by atoms with Gasteiger partial charge < -0.3 is 4.80 Å². The van der Waals surface area contributed by atoms with Crippen molar-refractivity contribution in [3.63, 3.8) is 0 Å². The van der Waals surface area contributed by atoms with Crippen molar-refractivity contribution in [3.05, 3.63) is 60.7 Å². The van der Waals surface area contributed by atoms with Gasteiger partial charge in [-0.15, -0.1) is 0 Å². The quantitative estimate of drug-likeness (QED) is 0.833. The fourth-order valence-electron chi connectivity index (χ4n) is 2.42. The largest absolute Gasteiger partial charge is 0.424 e. The zero-order valence-electron chi connectivity index (χ0n) is 11.0. The Morgan fingerprint density at radius 3 is 1.56 bits per heavy atom. The van der Waals surface area contributed by atoms with Gasteiger partial charge in [-0.1, -0.05) is 74.5 Å². The van der Waals surface area contributed by atoms with E-state index in [0.29, 0.717) is 5.92 Å². The molecule has 0 unspecified atom stereocenters. The van der Waals surface area contributed by atoms with E-state index in [-0.39, 0.29) is 0 Å². The molecule has 0 atom stereocenters. The van der Waals surface area contributed by atoms with Gasteiger partial charge in [-0.3, -0.25) is 0 Å². The second kappa shape index (κ2) is 5.51. The van der Waals surface area contributed by atoms with Crippen LogP contribution < -0.4 is 10.4 Å². The second-order valence-electron chi connectivity index (χ2n) is 5.19. The predicted molar refractivity (Wildman–Crippen MR) is 79.8 cm³/mol. The fraction of sp³-hybridized carbons (Fsp3) is 0.250. The maximum atomic E-state index is 11.3. The standard InChI is InChI=1S/C16H20OSi/c1-14(2)13-18(17,15-9-5-3-6-10-15)16-11-7-4-8-12-16/h3-12,14,17H,13H2,1-2H3. The molecular formula is C16H20OSi. The molecule has 0 amide bonds. The molecule has 0 radical (unpaired) electrons. The molecule has 0 aliphatic rings. The van der Waals surface area contributed by atoms with E-state index < -0.39 is 8.32 Å². The van der Waals surface area contributed by atoms with Crippen molar-refractivity contribution in [2.75, 3.05) is 0 Å². The molecule has 0 saturated heterocycles. The highest BCUT2D eigenvalue weighted by molar-refractivity contribution is 6.96. The molecule has 1 N–H and O–H groups in total. The topological polar surface area (TPSA) is 20.2 Å². The van der Waals surface area contributed by atoms with Gasteiger partial charge in [0.15, 0.2) is 0 Å². The molecule has 0 fully saturated rings. The molecule has 0 aliphatic carbocycles. The summed E-state index contributed by atoms with van der Waals surface area (Å²) in [6, 6.07) is 21.1. The highest BCUT2D eigenvalue weighted by Crippen LogP contribution is 2.14. The molecule has 2 aromatic rings. The van der Waals surface area contributed by atoms with E-state index >= 15 is 0 Å². The monoisotopic (exact) mass is 256 g/mol. The van der Waals surface area contributed by atoms with Crippen LogP contribution >= 0.6 is 0 Å². The summed E-state index contributed by atoms with van der Waals surface area (Å²) in [6.45, 7) is 4.34. The van der Waals surface area contributed by atoms with Gasteiger partial charge in [0.25, 0.3) is 8.32 Å². The summed E-state index contributed by atoms with van der Waals surface area (Å²) < 4.78 is 0. The van der Waals surface area contributed by atoms with Crippen molar-refractivity contribution in [3.8, 4) is 0 Å². The minimum atomic E-state index is -2.56. The summed E-state index contributed by atoms with van der Waals surface area (Å²) >= 11 is 0. The van der Waals surface area contributed by atoms with Crippen LogP contribution in [0.4, 0.5) is 0 Å². The van der Waals surface area contributed by atoms with Crippen LogP contribution in [-0.4, -0.2) is 13.1 Å². The molecule has 0 spiro atoms. The Morgan fingerprint density at radius 2 is 1.22 bits per heavy atom. The van der Waals surface area contributed by atoms with Gasteiger partial charge in [0, 0.05) is 0 Å². The fourth-order valence-corrected chi connectivity index (χ4v) is 5.90. The zero-order chi connectivity index (χ0) is 13.0. The van der Waals surface area contributed by atoms with Crippen molar-refractivity contribution >= 4 is 18.7 Å². The van der Waals surface area contributed by atoms with Gasteiger partial charge in [-0.2, -0.15) is 0 Å². The van der Waals surface area contributed by atoms with Crippen LogP contribution in [0.3, 0.4) is 0 Å². The van der Waals surface area contributed by atoms with Gasteiger partial charge in [0.2, 0.25) is 0 Å². The summed E-state index contributed by atoms with van der Waals surface area (Å²) in [5.74, 6) is 0.488. The average molecular weight is 256 g/mol. The van der Waals surface area contributed by atoms with E-state index in [9.17, 15) is 4.80 Å². The molecule has 0 aromatic heterocycles. The first-order chi connectivity index (χ1) is 8.63. The molecule has 1 nitrogen and oxygen atoms in total. The molecule has 2 heteroatoms. The molecular weight excluding hydrogens is 236 g/mol. The Morgan fingerprint density at radius 1 is 0.833 bits per heavy atom. The van der Waals surface area contributed by atoms with Gasteiger partial charge in [-0.25, -0.2) is 0 Å². The highest BCUT2D eigenvalue weighted by Gasteiger charge is 2.36. The SMILES string of the molecule is CC(C)C[Si](O)(c1ccccc1)c1ccccc1. The van der Waals surface area contributed by atoms with Crippen LogP contribution in [0.1, 0.15) is 13.8 Å². The van der Waals surface area contributed by atoms with Crippen LogP contribution in [0.5, 0.6) is 0 Å². The van der Waals surface area contributed by atoms with E-state index in [1.54, 1.807) is 0 Å². The van der Waals surface area contributed by atoms with Gasteiger partial charge in [0.05, 0.1) is 0 Å². The lowest BCUT2D eigenvalue weighted by Crippen LogP contribution is -2.59. The molecule has 0 heterocycles. The van der Waals surface area contributed by atoms with E-state index in [2.05, 4.69) is 38.1 Å². The van der Waals surface area contributed by atoms with E-state index in [4.69, 9.17) is 0 Å². The molecule has 18 heavy (non-hydrogen) atoms. The number of rotatable bonds is 4. The third-order valence-electron chi connectivity index (χ3n) is 3.21. The first-order valence-corrected chi connectivity index (χ1v) is 8.62. The summed E-state index contributed by atoms with van der Waals surface area (Å²) in [5, 5.41) is 2.20. The third-order valence-corrected chi connectivity index (χ3v) is 7.19. The Bertz CT molecular complexity index is 439. The van der Waals surface area contributed by atoms with E-state index in [1.165, 1.54) is 0 Å². The normalized spacial score (nSPS) is 11.8. The summed E-state index contributed by atoms with van der Waals surface area (Å²) in [5.41, 5.74) is 0. The first-order valence-electron chi connectivity index (χ1n) is 6.46. The Labute approximate surface area is 110 Å². The lowest BCUT2D eigenvalue weighted by molar-refractivity contribution is 0.542. The first kappa shape index (κ1) is 13.1. The minimum absolute atomic E-state index is 0.488. The molecule has 2 aromatic carbocycles. The van der Waals surface area contributed by atoms with E-state index in [1.807, 2.05) is 36.4 Å². The second-order valence-corrected chi connectivity index (χ2v) is 8.47. The maximum absolute atomic E-state index is 11.3. The van der Waals surface area contributed by atoms with Crippen molar-refractivity contribution in [1.29, 1.82) is 0 Å². The Kier molecular flexibility index (Phi) is 3.99. The maximum Gasteiger partial charge on any atom is 0.252 e. The van der Waals surface area contributed by atoms with Crippen molar-refractivity contribution in [2.45, 2.75) is 19.9 Å². The molecule has 2 rings (SSSR count). The van der Waals surface area contributed by atoms with Crippen LogP contribution in [0, 0.1) is 5.92 Å². The smallest absolute Gasteiger partial charge is 0.252 e. The lowest BCUT2D eigenvalue weighted by Gasteiger charge is -2.28. The Balaban J connectivity index is 2.48. The van der Waals surface area contributed by atoms with Crippen molar-refractivity contribution < 1.29 is 4.80 Å². The number of hydrogen-bond acceptors (Lipinski definition) is 1. The van der Waals surface area contributed by atoms with Crippen LogP contribution in [-0.2, 0) is 0 Å². The lowest BCUT2D eigenvalue weighted by atomic mass is 10.3. The summed E-state index contributed by atoms with van der Waals surface area (Å²) in [6.07, 6.45) is 0. The molecule has 0 bridgehead atoms. The van der Waals surface area contributed by atoms with Crippen molar-refractivity contribution in [2.24, 2.45) is 5.92 Å². The van der Waals surface area contributed by atoms with Gasteiger partial charge in [-0.05, 0) is 22.3 Å². The average Bonchev–Trinajstić information content (AvgIpc) is 2.40. The van der Waals surface area contributed by atoms with Gasteiger partial charge >= 0.3 is 0 Å². The third kappa shape index (κ3) is 2.71. The summed E-state index contributed by atoms with van der Waals surface area (Å²) in [4.78, 5) is 11.3. The van der Waals surface area contributed by atoms with Crippen molar-refractivity contribution in [1.82, 2.24) is 0 Å². The number of hydrogen-bond donors (Lipinski definition) is 1. The van der Waals surface area contributed by atoms with Crippen LogP contribution in [0.2, 0.25) is 6.04 Å². The minimum Gasteiger partial charge on any atom is -0.424 e. The van der Waals surface area contributed by atoms with E-state index in [0.717, 1.165) is 16.4 Å². The molecule has 0 saturated carbocycles. The van der Waals surface area contributed by atoms with Crippen LogP contribution in [0.15, 0.2) is 60.7 Å². The van der Waals surface area contributed by atoms with Gasteiger partial charge in [0.1, 0.15) is 0 Å². The number of benzene rings is 2. The zero-order valence-corrected chi connectivity index (χ0v) is 12.0.